The molecule has 3 rings (SSSR count). The number of hydrogen-bond acceptors (Lipinski definition) is 4. The topological polar surface area (TPSA) is 70.7 Å². The smallest absolute Gasteiger partial charge is 0.274 e. The van der Waals surface area contributed by atoms with Crippen LogP contribution >= 0.6 is 0 Å². The molecule has 0 spiro atoms. The fraction of sp³-hybridized carbons (Fsp3) is 0.250. The van der Waals surface area contributed by atoms with Crippen LogP contribution in [0.4, 0.5) is 11.6 Å². The van der Waals surface area contributed by atoms with E-state index in [2.05, 4.69) is 46.5 Å². The van der Waals surface area contributed by atoms with Crippen molar-refractivity contribution in [3.63, 3.8) is 0 Å². The quantitative estimate of drug-likeness (QED) is 0.741. The summed E-state index contributed by atoms with van der Waals surface area (Å²) >= 11 is 0. The summed E-state index contributed by atoms with van der Waals surface area (Å²) in [4.78, 5) is 15.0. The van der Waals surface area contributed by atoms with E-state index in [1.807, 2.05) is 43.3 Å². The lowest BCUT2D eigenvalue weighted by atomic mass is 10.0. The molecule has 0 amide bonds. The third kappa shape index (κ3) is 4.32. The Balaban J connectivity index is 1.73. The Hall–Kier alpha value is -2.95. The summed E-state index contributed by atoms with van der Waals surface area (Å²) in [5, 5.41) is 11.2. The van der Waals surface area contributed by atoms with Gasteiger partial charge in [0.05, 0.1) is 0 Å². The second-order valence-corrected chi connectivity index (χ2v) is 6.51. The van der Waals surface area contributed by atoms with Gasteiger partial charge in [0.2, 0.25) is 5.95 Å². The summed E-state index contributed by atoms with van der Waals surface area (Å²) < 4.78 is 0. The van der Waals surface area contributed by atoms with Crippen molar-refractivity contribution in [3.05, 3.63) is 81.3 Å². The predicted octanol–water partition coefficient (Wildman–Crippen LogP) is 3.93. The summed E-state index contributed by atoms with van der Waals surface area (Å²) in [6, 6.07) is 16.1. The van der Waals surface area contributed by atoms with Gasteiger partial charge in [-0.3, -0.25) is 9.78 Å². The molecule has 25 heavy (non-hydrogen) atoms. The van der Waals surface area contributed by atoms with Crippen LogP contribution in [-0.2, 0) is 6.42 Å². The van der Waals surface area contributed by atoms with Crippen LogP contribution in [0.2, 0.25) is 0 Å². The average molecular weight is 334 g/mol. The second-order valence-electron chi connectivity index (χ2n) is 6.51. The highest BCUT2D eigenvalue weighted by molar-refractivity contribution is 5.53. The number of rotatable bonds is 5. The number of H-pyrrole nitrogens is 1. The van der Waals surface area contributed by atoms with Crippen molar-refractivity contribution in [2.75, 3.05) is 5.32 Å². The molecule has 2 aromatic carbocycles. The molecule has 0 aliphatic carbocycles. The SMILES string of the molecule is Cc1ccc(Nc2nnc(Cc3ccc(C(C)C)cc3)c(=O)[nH]2)cc1. The molecule has 0 aliphatic rings. The third-order valence-corrected chi connectivity index (χ3v) is 4.10. The fourth-order valence-corrected chi connectivity index (χ4v) is 2.52. The fourth-order valence-electron chi connectivity index (χ4n) is 2.52. The monoisotopic (exact) mass is 334 g/mol. The van der Waals surface area contributed by atoms with Gasteiger partial charge in [-0.15, -0.1) is 10.2 Å². The minimum atomic E-state index is -0.224. The first-order valence-corrected chi connectivity index (χ1v) is 8.39. The standard InChI is InChI=1S/C20H22N4O/c1-13(2)16-8-6-15(7-9-16)12-18-19(25)22-20(24-23-18)21-17-10-4-14(3)5-11-17/h4-11,13H,12H2,1-3H3,(H2,21,22,24,25). The highest BCUT2D eigenvalue weighted by Gasteiger charge is 2.07. The Morgan fingerprint density at radius 1 is 1.00 bits per heavy atom. The van der Waals surface area contributed by atoms with Gasteiger partial charge >= 0.3 is 0 Å². The molecule has 1 heterocycles. The van der Waals surface area contributed by atoms with Gasteiger partial charge in [-0.05, 0) is 36.1 Å². The Labute approximate surface area is 147 Å². The van der Waals surface area contributed by atoms with E-state index in [1.165, 1.54) is 11.1 Å². The summed E-state index contributed by atoms with van der Waals surface area (Å²) in [6.45, 7) is 6.34. The Kier molecular flexibility index (Phi) is 4.93. The molecule has 3 aromatic rings. The number of nitrogens with one attached hydrogen (secondary N) is 2. The third-order valence-electron chi connectivity index (χ3n) is 4.10. The molecule has 5 nitrogen and oxygen atoms in total. The number of nitrogens with zero attached hydrogens (tertiary/aromatic N) is 2. The van der Waals surface area contributed by atoms with Crippen LogP contribution in [0.25, 0.3) is 0 Å². The minimum absolute atomic E-state index is 0.224. The summed E-state index contributed by atoms with van der Waals surface area (Å²) in [6.07, 6.45) is 0.464. The van der Waals surface area contributed by atoms with Crippen LogP contribution in [0.3, 0.4) is 0 Å². The number of hydrogen-bond donors (Lipinski definition) is 2. The zero-order valence-electron chi connectivity index (χ0n) is 14.7. The molecule has 0 radical (unpaired) electrons. The molecule has 0 fully saturated rings. The molecule has 5 heteroatoms. The largest absolute Gasteiger partial charge is 0.324 e. The first-order valence-electron chi connectivity index (χ1n) is 8.39. The van der Waals surface area contributed by atoms with E-state index >= 15 is 0 Å². The molecule has 128 valence electrons. The predicted molar refractivity (Wildman–Crippen MR) is 100 cm³/mol. The van der Waals surface area contributed by atoms with Crippen molar-refractivity contribution < 1.29 is 0 Å². The zero-order chi connectivity index (χ0) is 17.8. The van der Waals surface area contributed by atoms with Gasteiger partial charge in [0.15, 0.2) is 0 Å². The van der Waals surface area contributed by atoms with E-state index in [0.717, 1.165) is 11.3 Å². The molecule has 0 atom stereocenters. The maximum absolute atomic E-state index is 12.3. The average Bonchev–Trinajstić information content (AvgIpc) is 2.60. The Morgan fingerprint density at radius 2 is 1.68 bits per heavy atom. The lowest BCUT2D eigenvalue weighted by Crippen LogP contribution is -2.18. The van der Waals surface area contributed by atoms with Gasteiger partial charge in [-0.2, -0.15) is 0 Å². The van der Waals surface area contributed by atoms with E-state index in [-0.39, 0.29) is 5.56 Å². The van der Waals surface area contributed by atoms with Crippen LogP contribution in [0, 0.1) is 6.92 Å². The molecule has 2 N–H and O–H groups in total. The maximum atomic E-state index is 12.3. The highest BCUT2D eigenvalue weighted by atomic mass is 16.1. The number of anilines is 2. The molecule has 0 unspecified atom stereocenters. The zero-order valence-corrected chi connectivity index (χ0v) is 14.7. The number of aromatic amines is 1. The number of aryl methyl sites for hydroxylation is 1. The van der Waals surface area contributed by atoms with Crippen molar-refractivity contribution in [1.82, 2.24) is 15.2 Å². The van der Waals surface area contributed by atoms with Crippen molar-refractivity contribution in [2.45, 2.75) is 33.1 Å². The Bertz CT molecular complexity index is 896. The molecular weight excluding hydrogens is 312 g/mol. The van der Waals surface area contributed by atoms with Gasteiger partial charge in [0, 0.05) is 12.1 Å². The van der Waals surface area contributed by atoms with Crippen LogP contribution < -0.4 is 10.9 Å². The van der Waals surface area contributed by atoms with E-state index in [9.17, 15) is 4.79 Å². The number of benzene rings is 2. The van der Waals surface area contributed by atoms with E-state index < -0.39 is 0 Å². The van der Waals surface area contributed by atoms with E-state index in [1.54, 1.807) is 0 Å². The van der Waals surface area contributed by atoms with Crippen molar-refractivity contribution >= 4 is 11.6 Å². The molecular formula is C20H22N4O. The first-order chi connectivity index (χ1) is 12.0. The van der Waals surface area contributed by atoms with Crippen LogP contribution in [0.5, 0.6) is 0 Å². The second kappa shape index (κ2) is 7.30. The lowest BCUT2D eigenvalue weighted by molar-refractivity contribution is 0.858. The first kappa shape index (κ1) is 16.9. The molecule has 0 bridgehead atoms. The van der Waals surface area contributed by atoms with Gasteiger partial charge in [0.25, 0.3) is 5.56 Å². The Morgan fingerprint density at radius 3 is 2.28 bits per heavy atom. The molecule has 0 aliphatic heterocycles. The lowest BCUT2D eigenvalue weighted by Gasteiger charge is -2.07. The van der Waals surface area contributed by atoms with E-state index in [0.29, 0.717) is 24.0 Å². The summed E-state index contributed by atoms with van der Waals surface area (Å²) in [5.41, 5.74) is 4.53. The van der Waals surface area contributed by atoms with Gasteiger partial charge in [0.1, 0.15) is 5.69 Å². The maximum Gasteiger partial charge on any atom is 0.274 e. The van der Waals surface area contributed by atoms with Gasteiger partial charge in [-0.25, -0.2) is 0 Å². The van der Waals surface area contributed by atoms with Crippen LogP contribution in [-0.4, -0.2) is 15.2 Å². The van der Waals surface area contributed by atoms with E-state index in [4.69, 9.17) is 0 Å². The molecule has 0 saturated heterocycles. The van der Waals surface area contributed by atoms with Crippen molar-refractivity contribution in [2.24, 2.45) is 0 Å². The van der Waals surface area contributed by atoms with Crippen molar-refractivity contribution in [3.8, 4) is 0 Å². The van der Waals surface area contributed by atoms with Crippen LogP contribution in [0.15, 0.2) is 53.3 Å². The number of aromatic nitrogens is 3. The summed E-state index contributed by atoms with van der Waals surface area (Å²) in [5.74, 6) is 0.831. The van der Waals surface area contributed by atoms with Gasteiger partial charge in [-0.1, -0.05) is 55.8 Å². The van der Waals surface area contributed by atoms with Crippen LogP contribution in [0.1, 0.15) is 42.1 Å². The molecule has 0 saturated carbocycles. The minimum Gasteiger partial charge on any atom is -0.324 e. The van der Waals surface area contributed by atoms with Crippen molar-refractivity contribution in [1.29, 1.82) is 0 Å². The normalized spacial score (nSPS) is 10.9. The van der Waals surface area contributed by atoms with Gasteiger partial charge < -0.3 is 5.32 Å². The highest BCUT2D eigenvalue weighted by Crippen LogP contribution is 2.16. The summed E-state index contributed by atoms with van der Waals surface area (Å²) in [7, 11) is 0. The molecule has 1 aromatic heterocycles.